The van der Waals surface area contributed by atoms with Crippen LogP contribution < -0.4 is 19.5 Å². The molecular weight excluding hydrogens is 304 g/mol. The Labute approximate surface area is 146 Å². The number of hydrogen-bond donors (Lipinski definition) is 1. The van der Waals surface area contributed by atoms with Crippen LogP contribution in [0.1, 0.15) is 38.3 Å². The Morgan fingerprint density at radius 1 is 0.958 bits per heavy atom. The summed E-state index contributed by atoms with van der Waals surface area (Å²) >= 11 is 0. The van der Waals surface area contributed by atoms with Crippen molar-refractivity contribution in [2.24, 2.45) is 5.92 Å². The lowest BCUT2D eigenvalue weighted by atomic mass is 9.95. The maximum atomic E-state index is 5.55. The Hall–Kier alpha value is -1.46. The number of nitrogens with zero attached hydrogens (tertiary/aromatic N) is 1. The van der Waals surface area contributed by atoms with Gasteiger partial charge in [0.1, 0.15) is 0 Å². The van der Waals surface area contributed by atoms with Crippen molar-refractivity contribution in [1.29, 1.82) is 0 Å². The van der Waals surface area contributed by atoms with Gasteiger partial charge in [0.25, 0.3) is 0 Å². The second kappa shape index (κ2) is 9.14. The lowest BCUT2D eigenvalue weighted by molar-refractivity contribution is 0.159. The van der Waals surface area contributed by atoms with Crippen molar-refractivity contribution in [3.05, 3.63) is 17.7 Å². The number of ether oxygens (including phenoxy) is 3. The minimum absolute atomic E-state index is 0.378. The highest BCUT2D eigenvalue weighted by molar-refractivity contribution is 5.54. The Morgan fingerprint density at radius 3 is 2.00 bits per heavy atom. The van der Waals surface area contributed by atoms with Crippen LogP contribution in [0.15, 0.2) is 12.1 Å². The normalized spacial score (nSPS) is 16.9. The largest absolute Gasteiger partial charge is 0.493 e. The second-order valence-electron chi connectivity index (χ2n) is 6.73. The molecule has 2 rings (SSSR count). The molecule has 0 unspecified atom stereocenters. The zero-order valence-electron chi connectivity index (χ0n) is 15.7. The Balaban J connectivity index is 2.36. The third-order valence-electron chi connectivity index (χ3n) is 4.68. The number of benzene rings is 1. The van der Waals surface area contributed by atoms with Crippen molar-refractivity contribution in [3.8, 4) is 17.2 Å². The summed E-state index contributed by atoms with van der Waals surface area (Å²) in [6, 6.07) is 4.59. The summed E-state index contributed by atoms with van der Waals surface area (Å²) in [4.78, 5) is 2.57. The number of hydrogen-bond acceptors (Lipinski definition) is 5. The molecule has 1 N–H and O–H groups in total. The summed E-state index contributed by atoms with van der Waals surface area (Å²) in [5.41, 5.74) is 1.24. The van der Waals surface area contributed by atoms with Crippen LogP contribution in [-0.4, -0.2) is 52.4 Å². The predicted molar refractivity (Wildman–Crippen MR) is 97.4 cm³/mol. The van der Waals surface area contributed by atoms with E-state index in [1.165, 1.54) is 12.0 Å². The zero-order valence-corrected chi connectivity index (χ0v) is 15.7. The number of nitrogens with one attached hydrogen (secondary N) is 1. The quantitative estimate of drug-likeness (QED) is 0.790. The summed E-state index contributed by atoms with van der Waals surface area (Å²) < 4.78 is 16.6. The van der Waals surface area contributed by atoms with E-state index in [4.69, 9.17) is 14.2 Å². The second-order valence-corrected chi connectivity index (χ2v) is 6.73. The van der Waals surface area contributed by atoms with Gasteiger partial charge in [-0.2, -0.15) is 0 Å². The highest BCUT2D eigenvalue weighted by atomic mass is 16.5. The Kier molecular flexibility index (Phi) is 7.18. The summed E-state index contributed by atoms with van der Waals surface area (Å²) in [5.74, 6) is 2.82. The molecule has 1 aromatic rings. The Morgan fingerprint density at radius 2 is 1.54 bits per heavy atom. The molecule has 5 nitrogen and oxygen atoms in total. The molecule has 1 heterocycles. The molecule has 1 fully saturated rings. The summed E-state index contributed by atoms with van der Waals surface area (Å²) in [6.45, 7) is 8.79. The minimum atomic E-state index is 0.378. The van der Waals surface area contributed by atoms with Crippen LogP contribution in [0.25, 0.3) is 0 Å². The molecular formula is C19H32N2O3. The van der Waals surface area contributed by atoms with E-state index in [2.05, 4.69) is 36.2 Å². The van der Waals surface area contributed by atoms with Gasteiger partial charge in [0.2, 0.25) is 5.75 Å². The van der Waals surface area contributed by atoms with E-state index in [1.54, 1.807) is 21.3 Å². The first kappa shape index (κ1) is 18.9. The molecule has 0 saturated carbocycles. The van der Waals surface area contributed by atoms with Gasteiger partial charge in [-0.05, 0) is 36.5 Å². The van der Waals surface area contributed by atoms with Crippen LogP contribution in [-0.2, 0) is 0 Å². The molecule has 1 saturated heterocycles. The van der Waals surface area contributed by atoms with E-state index < -0.39 is 0 Å². The topological polar surface area (TPSA) is 43.0 Å². The summed E-state index contributed by atoms with van der Waals surface area (Å²) in [6.07, 6.45) is 2.33. The maximum Gasteiger partial charge on any atom is 0.203 e. The molecule has 0 amide bonds. The summed E-state index contributed by atoms with van der Waals surface area (Å²) in [7, 11) is 5.00. The van der Waals surface area contributed by atoms with Crippen molar-refractivity contribution < 1.29 is 14.2 Å². The smallest absolute Gasteiger partial charge is 0.203 e. The molecule has 0 aliphatic carbocycles. The Bertz CT molecular complexity index is 488. The lowest BCUT2D eigenvalue weighted by Gasteiger charge is -2.36. The van der Waals surface area contributed by atoms with E-state index in [0.717, 1.165) is 44.1 Å². The molecule has 136 valence electrons. The van der Waals surface area contributed by atoms with Crippen LogP contribution in [0, 0.1) is 5.92 Å². The van der Waals surface area contributed by atoms with E-state index in [-0.39, 0.29) is 0 Å². The van der Waals surface area contributed by atoms with Crippen LogP contribution in [0.2, 0.25) is 0 Å². The lowest BCUT2D eigenvalue weighted by Crippen LogP contribution is -2.45. The van der Waals surface area contributed by atoms with Crippen molar-refractivity contribution in [2.45, 2.75) is 32.7 Å². The van der Waals surface area contributed by atoms with Gasteiger partial charge >= 0.3 is 0 Å². The van der Waals surface area contributed by atoms with Gasteiger partial charge in [0.15, 0.2) is 11.5 Å². The first-order valence-corrected chi connectivity index (χ1v) is 8.85. The molecule has 24 heavy (non-hydrogen) atoms. The predicted octanol–water partition coefficient (Wildman–Crippen LogP) is 3.09. The molecule has 1 atom stereocenters. The first-order chi connectivity index (χ1) is 11.6. The average Bonchev–Trinajstić information content (AvgIpc) is 2.61. The fraction of sp³-hybridized carbons (Fsp3) is 0.684. The average molecular weight is 336 g/mol. The fourth-order valence-electron chi connectivity index (χ4n) is 3.34. The van der Waals surface area contributed by atoms with Gasteiger partial charge in [-0.3, -0.25) is 4.90 Å². The fourth-order valence-corrected chi connectivity index (χ4v) is 3.34. The van der Waals surface area contributed by atoms with Crippen molar-refractivity contribution in [1.82, 2.24) is 10.2 Å². The van der Waals surface area contributed by atoms with Gasteiger partial charge in [0, 0.05) is 32.2 Å². The number of methoxy groups -OCH3 is 3. The summed E-state index contributed by atoms with van der Waals surface area (Å²) in [5, 5.41) is 3.44. The zero-order chi connectivity index (χ0) is 17.5. The molecule has 0 spiro atoms. The van der Waals surface area contributed by atoms with Crippen LogP contribution in [0.5, 0.6) is 17.2 Å². The molecule has 1 aliphatic heterocycles. The van der Waals surface area contributed by atoms with Gasteiger partial charge in [-0.1, -0.05) is 13.8 Å². The van der Waals surface area contributed by atoms with Gasteiger partial charge < -0.3 is 19.5 Å². The van der Waals surface area contributed by atoms with Crippen LogP contribution in [0.3, 0.4) is 0 Å². The number of rotatable bonds is 8. The van der Waals surface area contributed by atoms with E-state index in [1.807, 2.05) is 0 Å². The highest BCUT2D eigenvalue weighted by Gasteiger charge is 2.25. The van der Waals surface area contributed by atoms with Crippen molar-refractivity contribution >= 4 is 0 Å². The van der Waals surface area contributed by atoms with E-state index in [0.29, 0.717) is 17.7 Å². The minimum Gasteiger partial charge on any atom is -0.493 e. The number of piperazine rings is 1. The van der Waals surface area contributed by atoms with Gasteiger partial charge in [-0.25, -0.2) is 0 Å². The van der Waals surface area contributed by atoms with E-state index in [9.17, 15) is 0 Å². The first-order valence-electron chi connectivity index (χ1n) is 8.85. The maximum absolute atomic E-state index is 5.55. The third-order valence-corrected chi connectivity index (χ3v) is 4.68. The standard InChI is InChI=1S/C19H32N2O3/c1-14(2)6-7-16(21-10-8-20-9-11-21)15-12-17(22-3)19(24-5)18(13-15)23-4/h12-14,16,20H,6-11H2,1-5H3/t16-/m1/s1. The van der Waals surface area contributed by atoms with Crippen LogP contribution in [0.4, 0.5) is 0 Å². The van der Waals surface area contributed by atoms with Gasteiger partial charge in [-0.15, -0.1) is 0 Å². The third kappa shape index (κ3) is 4.54. The molecule has 0 aromatic heterocycles. The molecule has 0 radical (unpaired) electrons. The molecule has 1 aromatic carbocycles. The molecule has 5 heteroatoms. The monoisotopic (exact) mass is 336 g/mol. The molecule has 1 aliphatic rings. The van der Waals surface area contributed by atoms with Crippen molar-refractivity contribution in [2.75, 3.05) is 47.5 Å². The van der Waals surface area contributed by atoms with Gasteiger partial charge in [0.05, 0.1) is 21.3 Å². The van der Waals surface area contributed by atoms with E-state index >= 15 is 0 Å². The molecule has 0 bridgehead atoms. The highest BCUT2D eigenvalue weighted by Crippen LogP contribution is 2.41. The van der Waals surface area contributed by atoms with Crippen molar-refractivity contribution in [3.63, 3.8) is 0 Å². The van der Waals surface area contributed by atoms with Crippen LogP contribution >= 0.6 is 0 Å². The SMILES string of the molecule is COc1cc([C@@H](CCC(C)C)N2CCNCC2)cc(OC)c1OC.